The first-order valence-electron chi connectivity index (χ1n) is 8.83. The Morgan fingerprint density at radius 1 is 1.15 bits per heavy atom. The number of nitrogens with zero attached hydrogens (tertiary/aromatic N) is 1. The molecule has 2 saturated carbocycles. The Hall–Kier alpha value is -0.120. The first kappa shape index (κ1) is 14.8. The first-order valence-corrected chi connectivity index (χ1v) is 8.83. The van der Waals surface area contributed by atoms with Crippen molar-refractivity contribution in [1.82, 2.24) is 10.2 Å². The fourth-order valence-corrected chi connectivity index (χ4v) is 4.52. The van der Waals surface area contributed by atoms with E-state index in [-0.39, 0.29) is 0 Å². The molecule has 0 aromatic carbocycles. The van der Waals surface area contributed by atoms with Crippen LogP contribution >= 0.6 is 0 Å². The summed E-state index contributed by atoms with van der Waals surface area (Å²) in [5.74, 6) is 0.933. The van der Waals surface area contributed by atoms with Crippen molar-refractivity contribution >= 4 is 0 Å². The molecule has 2 unspecified atom stereocenters. The van der Waals surface area contributed by atoms with E-state index in [4.69, 9.17) is 4.74 Å². The minimum absolute atomic E-state index is 0.528. The van der Waals surface area contributed by atoms with Crippen LogP contribution in [0, 0.1) is 5.92 Å². The van der Waals surface area contributed by atoms with Crippen molar-refractivity contribution < 1.29 is 4.74 Å². The molecule has 2 atom stereocenters. The highest BCUT2D eigenvalue weighted by Crippen LogP contribution is 2.34. The van der Waals surface area contributed by atoms with Crippen LogP contribution in [0.1, 0.15) is 58.3 Å². The van der Waals surface area contributed by atoms with E-state index in [2.05, 4.69) is 17.1 Å². The molecule has 2 aliphatic carbocycles. The SMILES string of the molecule is CCC1CNC(C2CCCCC2)CN1C1CC(OC)C1. The summed E-state index contributed by atoms with van der Waals surface area (Å²) in [6.07, 6.45) is 11.6. The second-order valence-electron chi connectivity index (χ2n) is 7.15. The van der Waals surface area contributed by atoms with E-state index >= 15 is 0 Å². The van der Waals surface area contributed by atoms with Gasteiger partial charge in [-0.3, -0.25) is 4.90 Å². The molecule has 0 bridgehead atoms. The average Bonchev–Trinajstić information content (AvgIpc) is 2.47. The Morgan fingerprint density at radius 2 is 1.90 bits per heavy atom. The molecule has 3 rings (SSSR count). The monoisotopic (exact) mass is 280 g/mol. The molecule has 116 valence electrons. The zero-order valence-corrected chi connectivity index (χ0v) is 13.3. The molecule has 0 amide bonds. The molecular weight excluding hydrogens is 248 g/mol. The standard InChI is InChI=1S/C17H32N2O/c1-3-14-11-18-17(13-7-5-4-6-8-13)12-19(14)15-9-16(10-15)20-2/h13-18H,3-12H2,1-2H3. The quantitative estimate of drug-likeness (QED) is 0.857. The van der Waals surface area contributed by atoms with Crippen LogP contribution in [0.3, 0.4) is 0 Å². The minimum Gasteiger partial charge on any atom is -0.381 e. The Labute approximate surface area is 124 Å². The summed E-state index contributed by atoms with van der Waals surface area (Å²) in [7, 11) is 1.86. The fraction of sp³-hybridized carbons (Fsp3) is 1.00. The number of rotatable bonds is 4. The van der Waals surface area contributed by atoms with Gasteiger partial charge in [0, 0.05) is 38.3 Å². The third-order valence-corrected chi connectivity index (χ3v) is 6.05. The largest absolute Gasteiger partial charge is 0.381 e. The maximum absolute atomic E-state index is 5.48. The molecule has 1 aliphatic heterocycles. The summed E-state index contributed by atoms with van der Waals surface area (Å²) in [4.78, 5) is 2.82. The van der Waals surface area contributed by atoms with Gasteiger partial charge in [0.2, 0.25) is 0 Å². The van der Waals surface area contributed by atoms with E-state index in [0.29, 0.717) is 6.10 Å². The summed E-state index contributed by atoms with van der Waals surface area (Å²) < 4.78 is 5.48. The molecule has 3 aliphatic rings. The van der Waals surface area contributed by atoms with Gasteiger partial charge in [-0.05, 0) is 38.0 Å². The molecule has 3 heteroatoms. The van der Waals surface area contributed by atoms with E-state index < -0.39 is 0 Å². The summed E-state index contributed by atoms with van der Waals surface area (Å²) in [6.45, 7) is 4.82. The van der Waals surface area contributed by atoms with Gasteiger partial charge >= 0.3 is 0 Å². The maximum atomic E-state index is 5.48. The number of ether oxygens (including phenoxy) is 1. The van der Waals surface area contributed by atoms with Crippen molar-refractivity contribution in [2.24, 2.45) is 5.92 Å². The molecule has 20 heavy (non-hydrogen) atoms. The predicted octanol–water partition coefficient (Wildman–Crippen LogP) is 2.80. The van der Waals surface area contributed by atoms with Crippen molar-refractivity contribution in [2.45, 2.75) is 82.5 Å². The first-order chi connectivity index (χ1) is 9.81. The van der Waals surface area contributed by atoms with E-state index in [1.165, 1.54) is 64.5 Å². The summed E-state index contributed by atoms with van der Waals surface area (Å²) >= 11 is 0. The van der Waals surface area contributed by atoms with Gasteiger partial charge in [-0.15, -0.1) is 0 Å². The van der Waals surface area contributed by atoms with Crippen molar-refractivity contribution in [2.75, 3.05) is 20.2 Å². The molecule has 1 heterocycles. The van der Waals surface area contributed by atoms with Crippen LogP contribution in [0.5, 0.6) is 0 Å². The van der Waals surface area contributed by atoms with Gasteiger partial charge in [0.15, 0.2) is 0 Å². The van der Waals surface area contributed by atoms with Gasteiger partial charge in [-0.25, -0.2) is 0 Å². The molecule has 0 radical (unpaired) electrons. The molecule has 1 N–H and O–H groups in total. The van der Waals surface area contributed by atoms with Crippen LogP contribution in [-0.2, 0) is 4.74 Å². The number of piperazine rings is 1. The van der Waals surface area contributed by atoms with Crippen molar-refractivity contribution in [3.05, 3.63) is 0 Å². The summed E-state index contributed by atoms with van der Waals surface area (Å²) in [5, 5.41) is 3.88. The highest BCUT2D eigenvalue weighted by atomic mass is 16.5. The number of nitrogens with one attached hydrogen (secondary N) is 1. The molecule has 0 spiro atoms. The Bertz CT molecular complexity index is 297. The Balaban J connectivity index is 1.57. The minimum atomic E-state index is 0.528. The van der Waals surface area contributed by atoms with Crippen LogP contribution in [0.2, 0.25) is 0 Å². The van der Waals surface area contributed by atoms with Gasteiger partial charge in [-0.1, -0.05) is 26.2 Å². The third kappa shape index (κ3) is 3.05. The highest BCUT2D eigenvalue weighted by molar-refractivity contribution is 4.97. The van der Waals surface area contributed by atoms with E-state index in [9.17, 15) is 0 Å². The topological polar surface area (TPSA) is 24.5 Å². The van der Waals surface area contributed by atoms with Crippen LogP contribution in [-0.4, -0.2) is 49.3 Å². The van der Waals surface area contributed by atoms with Crippen LogP contribution < -0.4 is 5.32 Å². The van der Waals surface area contributed by atoms with Crippen LogP contribution in [0.25, 0.3) is 0 Å². The van der Waals surface area contributed by atoms with Gasteiger partial charge in [0.1, 0.15) is 0 Å². The second kappa shape index (κ2) is 6.76. The zero-order valence-electron chi connectivity index (χ0n) is 13.3. The zero-order chi connectivity index (χ0) is 13.9. The van der Waals surface area contributed by atoms with Crippen molar-refractivity contribution in [3.8, 4) is 0 Å². The highest BCUT2D eigenvalue weighted by Gasteiger charge is 2.40. The summed E-state index contributed by atoms with van der Waals surface area (Å²) in [6, 6.07) is 2.29. The number of hydrogen-bond acceptors (Lipinski definition) is 3. The maximum Gasteiger partial charge on any atom is 0.0601 e. The predicted molar refractivity (Wildman–Crippen MR) is 83.0 cm³/mol. The lowest BCUT2D eigenvalue weighted by molar-refractivity contribution is -0.0569. The molecule has 0 aromatic rings. The third-order valence-electron chi connectivity index (χ3n) is 6.05. The van der Waals surface area contributed by atoms with E-state index in [1.807, 2.05) is 7.11 Å². The fourth-order valence-electron chi connectivity index (χ4n) is 4.52. The Morgan fingerprint density at radius 3 is 2.55 bits per heavy atom. The van der Waals surface area contributed by atoms with Gasteiger partial charge in [-0.2, -0.15) is 0 Å². The summed E-state index contributed by atoms with van der Waals surface area (Å²) in [5.41, 5.74) is 0. The van der Waals surface area contributed by atoms with Crippen LogP contribution in [0.15, 0.2) is 0 Å². The smallest absolute Gasteiger partial charge is 0.0601 e. The number of methoxy groups -OCH3 is 1. The lowest BCUT2D eigenvalue weighted by Gasteiger charge is -2.51. The van der Waals surface area contributed by atoms with Crippen LogP contribution in [0.4, 0.5) is 0 Å². The average molecular weight is 280 g/mol. The van der Waals surface area contributed by atoms with Gasteiger partial charge < -0.3 is 10.1 Å². The normalized spacial score (nSPS) is 40.5. The molecule has 3 fully saturated rings. The number of hydrogen-bond donors (Lipinski definition) is 1. The lowest BCUT2D eigenvalue weighted by atomic mass is 9.80. The lowest BCUT2D eigenvalue weighted by Crippen LogP contribution is -2.64. The molecular formula is C17H32N2O. The van der Waals surface area contributed by atoms with Crippen molar-refractivity contribution in [3.63, 3.8) is 0 Å². The molecule has 3 nitrogen and oxygen atoms in total. The molecule has 1 saturated heterocycles. The Kier molecular flexibility index (Phi) is 5.00. The van der Waals surface area contributed by atoms with Crippen molar-refractivity contribution in [1.29, 1.82) is 0 Å². The van der Waals surface area contributed by atoms with Gasteiger partial charge in [0.25, 0.3) is 0 Å². The second-order valence-corrected chi connectivity index (χ2v) is 7.15. The molecule has 0 aromatic heterocycles. The van der Waals surface area contributed by atoms with E-state index in [1.54, 1.807) is 0 Å². The van der Waals surface area contributed by atoms with E-state index in [0.717, 1.165) is 24.0 Å². The van der Waals surface area contributed by atoms with Gasteiger partial charge in [0.05, 0.1) is 6.10 Å².